The molecular weight excluding hydrogens is 466 g/mol. The Kier molecular flexibility index (Phi) is 5.79. The lowest BCUT2D eigenvalue weighted by atomic mass is 9.52. The van der Waals surface area contributed by atoms with Crippen LogP contribution in [0, 0.1) is 23.7 Å². The van der Waals surface area contributed by atoms with Gasteiger partial charge in [-0.25, -0.2) is 0 Å². The van der Waals surface area contributed by atoms with Crippen LogP contribution in [0.4, 0.5) is 5.69 Å². The Bertz CT molecular complexity index is 1190. The third-order valence-corrected chi connectivity index (χ3v) is 8.65. The number of phenols is 1. The molecule has 5 N–H and O–H groups in total. The lowest BCUT2D eigenvalue weighted by Crippen LogP contribution is -2.74. The minimum Gasteiger partial charge on any atom is -0.507 e. The summed E-state index contributed by atoms with van der Waals surface area (Å²) in [5, 5.41) is 25.4. The minimum absolute atomic E-state index is 0.00395. The third kappa shape index (κ3) is 3.34. The molecule has 3 saturated carbocycles. The van der Waals surface area contributed by atoms with E-state index in [9.17, 15) is 34.2 Å². The van der Waals surface area contributed by atoms with Gasteiger partial charge in [0.25, 0.3) is 0 Å². The van der Waals surface area contributed by atoms with Gasteiger partial charge >= 0.3 is 0 Å². The minimum atomic E-state index is -2.70. The van der Waals surface area contributed by atoms with E-state index in [-0.39, 0.29) is 30.2 Å². The van der Waals surface area contributed by atoms with Crippen molar-refractivity contribution in [3.63, 3.8) is 0 Å². The zero-order valence-electron chi connectivity index (χ0n) is 20.3. The molecule has 0 aliphatic heterocycles. The number of rotatable bonds is 4. The SMILES string of the molecule is CN(C)c1ccc(O)c2c1C[C@H]1C[C@H]3[C@@H](NC4CCCC4)C(=O)C(C(N)=O)C(=O)[C@@]3(O)C(=O)C1C2=O. The van der Waals surface area contributed by atoms with Crippen molar-refractivity contribution in [1.29, 1.82) is 0 Å². The van der Waals surface area contributed by atoms with Gasteiger partial charge in [0, 0.05) is 31.7 Å². The van der Waals surface area contributed by atoms with Crippen LogP contribution in [0.15, 0.2) is 12.1 Å². The van der Waals surface area contributed by atoms with Gasteiger partial charge in [-0.15, -0.1) is 0 Å². The van der Waals surface area contributed by atoms with Crippen LogP contribution in [0.25, 0.3) is 0 Å². The highest BCUT2D eigenvalue weighted by atomic mass is 16.3. The number of benzene rings is 1. The number of aliphatic hydroxyl groups is 1. The molecule has 4 aliphatic carbocycles. The van der Waals surface area contributed by atoms with Crippen LogP contribution < -0.4 is 16.0 Å². The molecule has 1 amide bonds. The number of amides is 1. The quantitative estimate of drug-likeness (QED) is 0.415. The normalized spacial score (nSPS) is 34.2. The molecule has 2 unspecified atom stereocenters. The molecule has 10 nitrogen and oxygen atoms in total. The van der Waals surface area contributed by atoms with Crippen molar-refractivity contribution in [2.45, 2.75) is 56.2 Å². The summed E-state index contributed by atoms with van der Waals surface area (Å²) in [7, 11) is 3.61. The summed E-state index contributed by atoms with van der Waals surface area (Å²) in [5.74, 6) is -10.2. The van der Waals surface area contributed by atoms with Crippen LogP contribution >= 0.6 is 0 Å². The first-order valence-corrected chi connectivity index (χ1v) is 12.4. The number of anilines is 1. The molecule has 3 fully saturated rings. The van der Waals surface area contributed by atoms with E-state index in [1.807, 2.05) is 4.90 Å². The van der Waals surface area contributed by atoms with Crippen molar-refractivity contribution in [3.05, 3.63) is 23.3 Å². The molecule has 4 aliphatic rings. The summed E-state index contributed by atoms with van der Waals surface area (Å²) < 4.78 is 0. The van der Waals surface area contributed by atoms with E-state index < -0.39 is 64.4 Å². The molecule has 0 spiro atoms. The number of hydrogen-bond donors (Lipinski definition) is 4. The highest BCUT2D eigenvalue weighted by Crippen LogP contribution is 2.51. The first kappa shape index (κ1) is 24.6. The lowest BCUT2D eigenvalue weighted by molar-refractivity contribution is -0.178. The topological polar surface area (TPSA) is 167 Å². The monoisotopic (exact) mass is 497 g/mol. The summed E-state index contributed by atoms with van der Waals surface area (Å²) in [5.41, 5.74) is 4.01. The summed E-state index contributed by atoms with van der Waals surface area (Å²) >= 11 is 0. The van der Waals surface area contributed by atoms with E-state index in [0.717, 1.165) is 25.7 Å². The molecule has 0 bridgehead atoms. The Morgan fingerprint density at radius 1 is 1.11 bits per heavy atom. The smallest absolute Gasteiger partial charge is 0.235 e. The molecule has 0 heterocycles. The van der Waals surface area contributed by atoms with E-state index in [4.69, 9.17) is 5.73 Å². The molecule has 0 radical (unpaired) electrons. The zero-order chi connectivity index (χ0) is 26.1. The maximum absolute atomic E-state index is 13.9. The summed E-state index contributed by atoms with van der Waals surface area (Å²) in [4.78, 5) is 68.2. The number of primary amides is 1. The summed E-state index contributed by atoms with van der Waals surface area (Å²) in [6.45, 7) is 0. The fourth-order valence-corrected chi connectivity index (χ4v) is 6.97. The van der Waals surface area contributed by atoms with Crippen LogP contribution in [0.3, 0.4) is 0 Å². The highest BCUT2D eigenvalue weighted by Gasteiger charge is 2.69. The largest absolute Gasteiger partial charge is 0.507 e. The van der Waals surface area contributed by atoms with Gasteiger partial charge in [0.15, 0.2) is 34.7 Å². The van der Waals surface area contributed by atoms with Crippen molar-refractivity contribution >= 4 is 34.7 Å². The van der Waals surface area contributed by atoms with Gasteiger partial charge in [0.2, 0.25) is 5.91 Å². The molecular formula is C26H31N3O7. The van der Waals surface area contributed by atoms with Crippen molar-refractivity contribution < 1.29 is 34.2 Å². The second-order valence-electron chi connectivity index (χ2n) is 10.9. The Hall–Kier alpha value is -3.11. The molecule has 0 saturated heterocycles. The Labute approximate surface area is 208 Å². The second kappa shape index (κ2) is 8.48. The maximum Gasteiger partial charge on any atom is 0.235 e. The van der Waals surface area contributed by atoms with Crippen LogP contribution in [0.5, 0.6) is 5.75 Å². The van der Waals surface area contributed by atoms with E-state index in [1.54, 1.807) is 20.2 Å². The van der Waals surface area contributed by atoms with Gasteiger partial charge < -0.3 is 26.2 Å². The number of nitrogens with two attached hydrogens (primary N) is 1. The second-order valence-corrected chi connectivity index (χ2v) is 10.9. The average Bonchev–Trinajstić information content (AvgIpc) is 3.32. The number of phenolic OH excluding ortho intramolecular Hbond substituents is 1. The molecule has 6 atom stereocenters. The van der Waals surface area contributed by atoms with Gasteiger partial charge in [-0.05, 0) is 49.3 Å². The number of Topliss-reactive ketones (excluding diaryl/α,β-unsaturated/α-hetero) is 4. The van der Waals surface area contributed by atoms with Crippen molar-refractivity contribution in [2.24, 2.45) is 29.4 Å². The fraction of sp³-hybridized carbons (Fsp3) is 0.577. The molecule has 1 aromatic rings. The van der Waals surface area contributed by atoms with Crippen molar-refractivity contribution in [2.75, 3.05) is 19.0 Å². The number of carbonyl (C=O) groups is 5. The number of hydrogen-bond acceptors (Lipinski definition) is 9. The Morgan fingerprint density at radius 3 is 2.39 bits per heavy atom. The number of carbonyl (C=O) groups excluding carboxylic acids is 5. The number of aromatic hydroxyl groups is 1. The fourth-order valence-electron chi connectivity index (χ4n) is 6.97. The standard InChI is InChI=1S/C26H31N3O7/c1-29(2)15-7-8-16(30)18-13(15)9-11-10-14-20(28-12-5-3-4-6-12)22(32)19(25(27)35)24(34)26(14,36)23(33)17(11)21(18)31/h7-8,11-12,14,17,19-20,28,30,36H,3-6,9-10H2,1-2H3,(H2,27,35)/t11-,14-,17?,19?,20+,26-/m0/s1. The van der Waals surface area contributed by atoms with E-state index >= 15 is 0 Å². The third-order valence-electron chi connectivity index (χ3n) is 8.65. The van der Waals surface area contributed by atoms with Crippen molar-refractivity contribution in [3.8, 4) is 5.75 Å². The van der Waals surface area contributed by atoms with E-state index in [0.29, 0.717) is 11.3 Å². The lowest BCUT2D eigenvalue weighted by Gasteiger charge is -2.52. The zero-order valence-corrected chi connectivity index (χ0v) is 20.3. The highest BCUT2D eigenvalue weighted by molar-refractivity contribution is 6.32. The molecule has 0 aromatic heterocycles. The number of nitrogens with one attached hydrogen (secondary N) is 1. The van der Waals surface area contributed by atoms with Gasteiger partial charge in [-0.3, -0.25) is 24.0 Å². The van der Waals surface area contributed by atoms with Gasteiger partial charge in [0.1, 0.15) is 5.75 Å². The van der Waals surface area contributed by atoms with Crippen LogP contribution in [-0.4, -0.2) is 71.0 Å². The molecule has 5 rings (SSSR count). The van der Waals surface area contributed by atoms with Gasteiger partial charge in [0.05, 0.1) is 17.5 Å². The first-order chi connectivity index (χ1) is 17.0. The molecule has 36 heavy (non-hydrogen) atoms. The maximum atomic E-state index is 13.9. The summed E-state index contributed by atoms with van der Waals surface area (Å²) in [6.07, 6.45) is 3.80. The van der Waals surface area contributed by atoms with Crippen LogP contribution in [0.1, 0.15) is 48.0 Å². The Balaban J connectivity index is 1.62. The van der Waals surface area contributed by atoms with Crippen LogP contribution in [-0.2, 0) is 25.6 Å². The van der Waals surface area contributed by atoms with Gasteiger partial charge in [-0.1, -0.05) is 12.8 Å². The van der Waals surface area contributed by atoms with Crippen molar-refractivity contribution in [1.82, 2.24) is 5.32 Å². The van der Waals surface area contributed by atoms with E-state index in [2.05, 4.69) is 5.32 Å². The first-order valence-electron chi connectivity index (χ1n) is 12.4. The van der Waals surface area contributed by atoms with Crippen LogP contribution in [0.2, 0.25) is 0 Å². The predicted octanol–water partition coefficient (Wildman–Crippen LogP) is -0.0964. The number of fused-ring (bicyclic) bond motifs is 3. The average molecular weight is 498 g/mol. The number of ketones is 4. The van der Waals surface area contributed by atoms with Gasteiger partial charge in [-0.2, -0.15) is 0 Å². The number of nitrogens with zero attached hydrogens (tertiary/aromatic N) is 1. The predicted molar refractivity (Wildman–Crippen MR) is 127 cm³/mol. The van der Waals surface area contributed by atoms with E-state index in [1.165, 1.54) is 6.07 Å². The Morgan fingerprint density at radius 2 is 1.78 bits per heavy atom. The summed E-state index contributed by atoms with van der Waals surface area (Å²) in [6, 6.07) is 1.90. The molecule has 1 aromatic carbocycles. The molecule has 192 valence electrons. The molecule has 10 heteroatoms.